The van der Waals surface area contributed by atoms with Crippen LogP contribution in [0, 0.1) is 16.0 Å². The van der Waals surface area contributed by atoms with Crippen LogP contribution in [0.2, 0.25) is 0 Å². The lowest BCUT2D eigenvalue weighted by molar-refractivity contribution is -0.385. The highest BCUT2D eigenvalue weighted by Gasteiger charge is 2.28. The molecule has 19 heavy (non-hydrogen) atoms. The van der Waals surface area contributed by atoms with Crippen LogP contribution in [-0.2, 0) is 11.3 Å². The topological polar surface area (TPSA) is 84.3 Å². The fourth-order valence-electron chi connectivity index (χ4n) is 1.83. The predicted octanol–water partition coefficient (Wildman–Crippen LogP) is 1.21. The summed E-state index contributed by atoms with van der Waals surface area (Å²) in [7, 11) is 0. The monoisotopic (exact) mass is 263 g/mol. The molecule has 1 amide bonds. The number of nitrogens with one attached hydrogen (secondary N) is 2. The second kappa shape index (κ2) is 6.29. The maximum absolute atomic E-state index is 11.4. The second-order valence-corrected chi connectivity index (χ2v) is 4.63. The van der Waals surface area contributed by atoms with Crippen LogP contribution in [0.5, 0.6) is 0 Å². The molecule has 0 aromatic heterocycles. The Hall–Kier alpha value is -1.95. The van der Waals surface area contributed by atoms with Gasteiger partial charge in [-0.25, -0.2) is 0 Å². The number of hydrogen-bond acceptors (Lipinski definition) is 4. The van der Waals surface area contributed by atoms with Crippen LogP contribution in [-0.4, -0.2) is 23.9 Å². The lowest BCUT2D eigenvalue weighted by atomic mass is 10.2. The van der Waals surface area contributed by atoms with Crippen LogP contribution >= 0.6 is 0 Å². The van der Waals surface area contributed by atoms with Gasteiger partial charge in [-0.1, -0.05) is 18.2 Å². The molecule has 0 aliphatic heterocycles. The Kier molecular flexibility index (Phi) is 4.46. The van der Waals surface area contributed by atoms with Crippen molar-refractivity contribution in [2.45, 2.75) is 19.4 Å². The molecule has 0 unspecified atom stereocenters. The molecule has 0 radical (unpaired) electrons. The number of nitrogens with zero attached hydrogens (tertiary/aromatic N) is 1. The molecule has 0 heterocycles. The van der Waals surface area contributed by atoms with Gasteiger partial charge in [0.05, 0.1) is 4.92 Å². The number of carbonyl (C=O) groups excluding carboxylic acids is 1. The van der Waals surface area contributed by atoms with Crippen molar-refractivity contribution >= 4 is 11.6 Å². The average Bonchev–Trinajstić information content (AvgIpc) is 3.22. The minimum Gasteiger partial charge on any atom is -0.355 e. The third-order valence-electron chi connectivity index (χ3n) is 3.05. The molecule has 6 heteroatoms. The van der Waals surface area contributed by atoms with E-state index in [1.165, 1.54) is 6.07 Å². The van der Waals surface area contributed by atoms with E-state index >= 15 is 0 Å². The standard InChI is InChI=1S/C13H17N3O3/c17-13(10-5-6-10)15-8-7-14-9-11-3-1-2-4-12(11)16(18)19/h1-4,10,14H,5-9H2,(H,15,17). The maximum atomic E-state index is 11.4. The van der Waals surface area contributed by atoms with Crippen molar-refractivity contribution in [1.82, 2.24) is 10.6 Å². The molecule has 1 aliphatic rings. The minimum atomic E-state index is -0.383. The van der Waals surface area contributed by atoms with E-state index in [1.54, 1.807) is 18.2 Å². The van der Waals surface area contributed by atoms with Crippen molar-refractivity contribution in [2.24, 2.45) is 5.92 Å². The first kappa shape index (κ1) is 13.5. The molecule has 6 nitrogen and oxygen atoms in total. The Morgan fingerprint density at radius 2 is 2.05 bits per heavy atom. The van der Waals surface area contributed by atoms with Crippen LogP contribution in [0.1, 0.15) is 18.4 Å². The number of nitro groups is 1. The van der Waals surface area contributed by atoms with Gasteiger partial charge in [0.2, 0.25) is 5.91 Å². The first-order valence-electron chi connectivity index (χ1n) is 6.39. The summed E-state index contributed by atoms with van der Waals surface area (Å²) in [6.07, 6.45) is 1.99. The highest BCUT2D eigenvalue weighted by atomic mass is 16.6. The lowest BCUT2D eigenvalue weighted by Gasteiger charge is -2.07. The fourth-order valence-corrected chi connectivity index (χ4v) is 1.83. The van der Waals surface area contributed by atoms with Gasteiger partial charge < -0.3 is 10.6 Å². The van der Waals surface area contributed by atoms with Gasteiger partial charge in [-0.05, 0) is 12.8 Å². The quantitative estimate of drug-likeness (QED) is 0.440. The highest BCUT2D eigenvalue weighted by molar-refractivity contribution is 5.80. The SMILES string of the molecule is O=C(NCCNCc1ccccc1[N+](=O)[O-])C1CC1. The fraction of sp³-hybridized carbons (Fsp3) is 0.462. The second-order valence-electron chi connectivity index (χ2n) is 4.63. The number of nitro benzene ring substituents is 1. The van der Waals surface area contributed by atoms with Gasteiger partial charge in [0, 0.05) is 37.2 Å². The van der Waals surface area contributed by atoms with Crippen molar-refractivity contribution in [3.63, 3.8) is 0 Å². The maximum Gasteiger partial charge on any atom is 0.273 e. The van der Waals surface area contributed by atoms with Crippen molar-refractivity contribution in [3.05, 3.63) is 39.9 Å². The zero-order valence-corrected chi connectivity index (χ0v) is 10.6. The van der Waals surface area contributed by atoms with Crippen LogP contribution in [0.4, 0.5) is 5.69 Å². The van der Waals surface area contributed by atoms with Crippen LogP contribution in [0.15, 0.2) is 24.3 Å². The summed E-state index contributed by atoms with van der Waals surface area (Å²) in [6.45, 7) is 1.58. The van der Waals surface area contributed by atoms with Crippen molar-refractivity contribution in [2.75, 3.05) is 13.1 Å². The van der Waals surface area contributed by atoms with Gasteiger partial charge in [-0.15, -0.1) is 0 Å². The number of rotatable bonds is 7. The van der Waals surface area contributed by atoms with Gasteiger partial charge in [-0.2, -0.15) is 0 Å². The van der Waals surface area contributed by atoms with Gasteiger partial charge in [-0.3, -0.25) is 14.9 Å². The van der Waals surface area contributed by atoms with Crippen LogP contribution < -0.4 is 10.6 Å². The van der Waals surface area contributed by atoms with Gasteiger partial charge >= 0.3 is 0 Å². The number of para-hydroxylation sites is 1. The van der Waals surface area contributed by atoms with E-state index in [0.29, 0.717) is 25.2 Å². The summed E-state index contributed by atoms with van der Waals surface area (Å²) in [4.78, 5) is 21.8. The number of amides is 1. The molecule has 2 N–H and O–H groups in total. The van der Waals surface area contributed by atoms with Gasteiger partial charge in [0.15, 0.2) is 0 Å². The van der Waals surface area contributed by atoms with E-state index in [-0.39, 0.29) is 22.4 Å². The minimum absolute atomic E-state index is 0.118. The zero-order chi connectivity index (χ0) is 13.7. The first-order valence-corrected chi connectivity index (χ1v) is 6.39. The van der Waals surface area contributed by atoms with Crippen molar-refractivity contribution in [1.29, 1.82) is 0 Å². The molecule has 1 aromatic rings. The lowest BCUT2D eigenvalue weighted by Crippen LogP contribution is -2.32. The molecular weight excluding hydrogens is 246 g/mol. The summed E-state index contributed by atoms with van der Waals surface area (Å²) in [5, 5.41) is 16.7. The highest BCUT2D eigenvalue weighted by Crippen LogP contribution is 2.28. The zero-order valence-electron chi connectivity index (χ0n) is 10.6. The van der Waals surface area contributed by atoms with Crippen LogP contribution in [0.3, 0.4) is 0 Å². The van der Waals surface area contributed by atoms with E-state index in [9.17, 15) is 14.9 Å². The molecule has 0 bridgehead atoms. The average molecular weight is 263 g/mol. The Morgan fingerprint density at radius 3 is 2.74 bits per heavy atom. The van der Waals surface area contributed by atoms with E-state index in [4.69, 9.17) is 0 Å². The molecule has 0 saturated heterocycles. The summed E-state index contributed by atoms with van der Waals surface area (Å²) >= 11 is 0. The molecule has 1 saturated carbocycles. The van der Waals surface area contributed by atoms with Crippen molar-refractivity contribution < 1.29 is 9.72 Å². The molecular formula is C13H17N3O3. The number of hydrogen-bond donors (Lipinski definition) is 2. The third-order valence-corrected chi connectivity index (χ3v) is 3.05. The van der Waals surface area contributed by atoms with E-state index in [0.717, 1.165) is 12.8 Å². The molecule has 2 rings (SSSR count). The molecule has 1 aliphatic carbocycles. The van der Waals surface area contributed by atoms with Gasteiger partial charge in [0.1, 0.15) is 0 Å². The summed E-state index contributed by atoms with van der Waals surface area (Å²) in [5.41, 5.74) is 0.776. The summed E-state index contributed by atoms with van der Waals surface area (Å²) in [6, 6.07) is 6.65. The number of carbonyl (C=O) groups is 1. The normalized spacial score (nSPS) is 14.1. The summed E-state index contributed by atoms with van der Waals surface area (Å²) in [5.74, 6) is 0.336. The van der Waals surface area contributed by atoms with Gasteiger partial charge in [0.25, 0.3) is 5.69 Å². The Labute approximate surface area is 111 Å². The number of benzene rings is 1. The molecule has 0 atom stereocenters. The Morgan fingerprint density at radius 1 is 1.32 bits per heavy atom. The van der Waals surface area contributed by atoms with E-state index < -0.39 is 0 Å². The predicted molar refractivity (Wildman–Crippen MR) is 70.5 cm³/mol. The van der Waals surface area contributed by atoms with Crippen molar-refractivity contribution in [3.8, 4) is 0 Å². The van der Waals surface area contributed by atoms with Crippen LogP contribution in [0.25, 0.3) is 0 Å². The molecule has 1 aromatic carbocycles. The van der Waals surface area contributed by atoms with E-state index in [1.807, 2.05) is 0 Å². The molecule has 0 spiro atoms. The largest absolute Gasteiger partial charge is 0.355 e. The smallest absolute Gasteiger partial charge is 0.273 e. The molecule has 102 valence electrons. The first-order chi connectivity index (χ1) is 9.18. The Balaban J connectivity index is 1.70. The Bertz CT molecular complexity index is 472. The molecule has 1 fully saturated rings. The third kappa shape index (κ3) is 4.03. The van der Waals surface area contributed by atoms with E-state index in [2.05, 4.69) is 10.6 Å². The summed E-state index contributed by atoms with van der Waals surface area (Å²) < 4.78 is 0.